The first-order valence-electron chi connectivity index (χ1n) is 7.43. The normalized spacial score (nSPS) is 22.0. The van der Waals surface area contributed by atoms with Crippen LogP contribution in [-0.4, -0.2) is 12.0 Å². The first-order chi connectivity index (χ1) is 10.3. The Morgan fingerprint density at radius 1 is 1.05 bits per heavy atom. The zero-order valence-electron chi connectivity index (χ0n) is 11.9. The number of fused-ring (bicyclic) bond motifs is 1. The van der Waals surface area contributed by atoms with Gasteiger partial charge in [-0.1, -0.05) is 36.4 Å². The maximum Gasteiger partial charge on any atom is 0.236 e. The van der Waals surface area contributed by atoms with Crippen molar-refractivity contribution in [2.45, 2.75) is 31.8 Å². The van der Waals surface area contributed by atoms with Crippen LogP contribution < -0.4 is 16.0 Å². The number of benzene rings is 2. The predicted octanol–water partition coefficient (Wildman–Crippen LogP) is 2.77. The molecule has 3 N–H and O–H groups in total. The van der Waals surface area contributed by atoms with Crippen LogP contribution in [0.15, 0.2) is 42.5 Å². The lowest BCUT2D eigenvalue weighted by atomic mass is 9.87. The Balaban J connectivity index is 1.69. The molecule has 4 heteroatoms. The van der Waals surface area contributed by atoms with Crippen LogP contribution in [0.2, 0.25) is 0 Å². The van der Waals surface area contributed by atoms with E-state index in [2.05, 4.69) is 23.6 Å². The Morgan fingerprint density at radius 2 is 1.76 bits per heavy atom. The third-order valence-corrected chi connectivity index (χ3v) is 4.23. The van der Waals surface area contributed by atoms with E-state index in [1.807, 2.05) is 24.3 Å². The fourth-order valence-electron chi connectivity index (χ4n) is 3.04. The number of amides is 1. The second-order valence-electron chi connectivity index (χ2n) is 5.58. The van der Waals surface area contributed by atoms with E-state index < -0.39 is 0 Å². The lowest BCUT2D eigenvalue weighted by Crippen LogP contribution is -2.38. The van der Waals surface area contributed by atoms with Gasteiger partial charge in [0.2, 0.25) is 5.91 Å². The van der Waals surface area contributed by atoms with Crippen LogP contribution in [-0.2, 0) is 4.79 Å². The summed E-state index contributed by atoms with van der Waals surface area (Å²) in [6, 6.07) is 14.3. The van der Waals surface area contributed by atoms with Gasteiger partial charge in [-0.25, -0.2) is 5.84 Å². The van der Waals surface area contributed by atoms with Gasteiger partial charge >= 0.3 is 0 Å². The number of hydrogen-bond acceptors (Lipinski definition) is 3. The molecule has 1 fully saturated rings. The minimum absolute atomic E-state index is 0.0300. The summed E-state index contributed by atoms with van der Waals surface area (Å²) >= 11 is 0. The molecule has 0 aliphatic heterocycles. The summed E-state index contributed by atoms with van der Waals surface area (Å²) in [5.41, 5.74) is 2.24. The largest absolute Gasteiger partial charge is 0.490 e. The van der Waals surface area contributed by atoms with Crippen molar-refractivity contribution in [3.8, 4) is 5.75 Å². The fourth-order valence-corrected chi connectivity index (χ4v) is 3.04. The van der Waals surface area contributed by atoms with E-state index in [9.17, 15) is 4.79 Å². The Labute approximate surface area is 124 Å². The van der Waals surface area contributed by atoms with Gasteiger partial charge in [0, 0.05) is 11.3 Å². The molecule has 0 saturated heterocycles. The average molecular weight is 284 g/mol. The maximum absolute atomic E-state index is 11.5. The van der Waals surface area contributed by atoms with Crippen molar-refractivity contribution >= 4 is 16.7 Å². The molecule has 2 aromatic carbocycles. The van der Waals surface area contributed by atoms with Crippen molar-refractivity contribution in [1.29, 1.82) is 0 Å². The van der Waals surface area contributed by atoms with E-state index in [0.29, 0.717) is 0 Å². The van der Waals surface area contributed by atoms with Crippen LogP contribution in [0, 0.1) is 5.92 Å². The zero-order valence-corrected chi connectivity index (χ0v) is 11.9. The number of carbonyl (C=O) groups is 1. The third-order valence-electron chi connectivity index (χ3n) is 4.23. The summed E-state index contributed by atoms with van der Waals surface area (Å²) in [6.07, 6.45) is 3.62. The first kappa shape index (κ1) is 13.9. The standard InChI is InChI=1S/C17H20N2O2/c18-19-17(20)13-8-10-14(11-9-13)21-16-7-3-5-12-4-1-2-6-15(12)16/h1-7,13-14H,8-11,18H2,(H,19,20). The number of hydrogen-bond donors (Lipinski definition) is 2. The number of rotatable bonds is 3. The molecular weight excluding hydrogens is 264 g/mol. The van der Waals surface area contributed by atoms with Crippen LogP contribution in [0.25, 0.3) is 10.8 Å². The highest BCUT2D eigenvalue weighted by Crippen LogP contribution is 2.31. The van der Waals surface area contributed by atoms with Crippen LogP contribution in [0.4, 0.5) is 0 Å². The number of nitrogens with two attached hydrogens (primary N) is 1. The Morgan fingerprint density at radius 3 is 2.52 bits per heavy atom. The van der Waals surface area contributed by atoms with E-state index in [4.69, 9.17) is 10.6 Å². The summed E-state index contributed by atoms with van der Waals surface area (Å²) in [7, 11) is 0. The van der Waals surface area contributed by atoms with Crippen molar-refractivity contribution in [3.05, 3.63) is 42.5 Å². The van der Waals surface area contributed by atoms with Gasteiger partial charge in [0.05, 0.1) is 6.10 Å². The smallest absolute Gasteiger partial charge is 0.236 e. The molecule has 21 heavy (non-hydrogen) atoms. The lowest BCUT2D eigenvalue weighted by molar-refractivity contribution is -0.126. The van der Waals surface area contributed by atoms with E-state index in [1.54, 1.807) is 0 Å². The summed E-state index contributed by atoms with van der Waals surface area (Å²) in [5.74, 6) is 6.10. The number of nitrogens with one attached hydrogen (secondary N) is 1. The highest BCUT2D eigenvalue weighted by molar-refractivity contribution is 5.88. The quantitative estimate of drug-likeness (QED) is 0.517. The molecule has 0 aromatic heterocycles. The average Bonchev–Trinajstić information content (AvgIpc) is 2.55. The third kappa shape index (κ3) is 3.00. The van der Waals surface area contributed by atoms with E-state index >= 15 is 0 Å². The molecule has 3 rings (SSSR count). The molecule has 1 amide bonds. The predicted molar refractivity (Wildman–Crippen MR) is 82.7 cm³/mol. The van der Waals surface area contributed by atoms with Crippen molar-refractivity contribution < 1.29 is 9.53 Å². The second-order valence-corrected chi connectivity index (χ2v) is 5.58. The topological polar surface area (TPSA) is 64.3 Å². The van der Waals surface area contributed by atoms with Crippen molar-refractivity contribution in [2.75, 3.05) is 0 Å². The number of ether oxygens (including phenoxy) is 1. The Hall–Kier alpha value is -2.07. The summed E-state index contributed by atoms with van der Waals surface area (Å²) in [6.45, 7) is 0. The molecule has 110 valence electrons. The van der Waals surface area contributed by atoms with Gasteiger partial charge in [-0.2, -0.15) is 0 Å². The van der Waals surface area contributed by atoms with Crippen LogP contribution in [0.3, 0.4) is 0 Å². The summed E-state index contributed by atoms with van der Waals surface area (Å²) in [5, 5.41) is 2.33. The van der Waals surface area contributed by atoms with Crippen LogP contribution in [0.5, 0.6) is 5.75 Å². The molecule has 0 atom stereocenters. The maximum atomic E-state index is 11.5. The molecule has 1 saturated carbocycles. The molecule has 4 nitrogen and oxygen atoms in total. The minimum Gasteiger partial charge on any atom is -0.490 e. The van der Waals surface area contributed by atoms with Gasteiger partial charge in [0.15, 0.2) is 0 Å². The molecule has 1 aliphatic rings. The van der Waals surface area contributed by atoms with Gasteiger partial charge in [0.25, 0.3) is 0 Å². The second kappa shape index (κ2) is 6.14. The van der Waals surface area contributed by atoms with Gasteiger partial charge < -0.3 is 4.74 Å². The molecule has 0 unspecified atom stereocenters. The monoisotopic (exact) mass is 284 g/mol. The van der Waals surface area contributed by atoms with Gasteiger partial charge in [-0.05, 0) is 37.1 Å². The SMILES string of the molecule is NNC(=O)C1CCC(Oc2cccc3ccccc23)CC1. The highest BCUT2D eigenvalue weighted by atomic mass is 16.5. The molecule has 0 bridgehead atoms. The van der Waals surface area contributed by atoms with Crippen molar-refractivity contribution in [3.63, 3.8) is 0 Å². The van der Waals surface area contributed by atoms with Gasteiger partial charge in [-0.15, -0.1) is 0 Å². The summed E-state index contributed by atoms with van der Waals surface area (Å²) in [4.78, 5) is 11.5. The van der Waals surface area contributed by atoms with Gasteiger partial charge in [-0.3, -0.25) is 10.2 Å². The minimum atomic E-state index is -0.0568. The van der Waals surface area contributed by atoms with Crippen molar-refractivity contribution in [2.24, 2.45) is 11.8 Å². The molecule has 0 heterocycles. The van der Waals surface area contributed by atoms with Crippen molar-refractivity contribution in [1.82, 2.24) is 5.43 Å². The Kier molecular flexibility index (Phi) is 4.06. The fraction of sp³-hybridized carbons (Fsp3) is 0.353. The van der Waals surface area contributed by atoms with Crippen LogP contribution >= 0.6 is 0 Å². The lowest BCUT2D eigenvalue weighted by Gasteiger charge is -2.28. The van der Waals surface area contributed by atoms with E-state index in [0.717, 1.165) is 36.8 Å². The van der Waals surface area contributed by atoms with Gasteiger partial charge in [0.1, 0.15) is 5.75 Å². The molecule has 1 aliphatic carbocycles. The van der Waals surface area contributed by atoms with E-state index in [1.165, 1.54) is 5.39 Å². The molecule has 2 aromatic rings. The summed E-state index contributed by atoms with van der Waals surface area (Å²) < 4.78 is 6.17. The number of carbonyl (C=O) groups excluding carboxylic acids is 1. The highest BCUT2D eigenvalue weighted by Gasteiger charge is 2.27. The van der Waals surface area contributed by atoms with E-state index in [-0.39, 0.29) is 17.9 Å². The molecular formula is C17H20N2O2. The number of hydrazine groups is 1. The first-order valence-corrected chi connectivity index (χ1v) is 7.43. The molecule has 0 spiro atoms. The zero-order chi connectivity index (χ0) is 14.7. The van der Waals surface area contributed by atoms with Crippen LogP contribution in [0.1, 0.15) is 25.7 Å². The Bertz CT molecular complexity index is 628. The molecule has 0 radical (unpaired) electrons.